The molecule has 0 fully saturated rings. The number of para-hydroxylation sites is 2. The molecule has 1 aromatic heterocycles. The Morgan fingerprint density at radius 2 is 2.11 bits per heavy atom. The predicted octanol–water partition coefficient (Wildman–Crippen LogP) is 1.79. The third kappa shape index (κ3) is 1.93. The number of carbonyl (C=O) groups is 1. The maximum atomic E-state index is 10.9. The molecule has 0 aliphatic rings. The fourth-order valence-corrected chi connectivity index (χ4v) is 1.62. The number of aromatic nitrogens is 2. The molecule has 1 heterocycles. The van der Waals surface area contributed by atoms with Crippen LogP contribution in [0.3, 0.4) is 0 Å². The van der Waals surface area contributed by atoms with Crippen LogP contribution in [0, 0.1) is 17.0 Å². The number of aryl methyl sites for hydroxylation is 1. The van der Waals surface area contributed by atoms with E-state index < -0.39 is 10.9 Å². The summed E-state index contributed by atoms with van der Waals surface area (Å²) in [5.74, 6) is -1.17. The molecular weight excluding hydrogens is 238 g/mol. The number of aromatic carboxylic acids is 1. The first-order valence-electron chi connectivity index (χ1n) is 5.04. The Labute approximate surface area is 101 Å². The molecular formula is C11H9N3O4. The third-order valence-electron chi connectivity index (χ3n) is 2.41. The van der Waals surface area contributed by atoms with Crippen LogP contribution in [0.5, 0.6) is 0 Å². The minimum Gasteiger partial charge on any atom is -0.476 e. The van der Waals surface area contributed by atoms with Gasteiger partial charge in [0.25, 0.3) is 5.69 Å². The van der Waals surface area contributed by atoms with Gasteiger partial charge in [0.1, 0.15) is 5.69 Å². The van der Waals surface area contributed by atoms with Crippen LogP contribution >= 0.6 is 0 Å². The Kier molecular flexibility index (Phi) is 2.80. The first kappa shape index (κ1) is 11.8. The van der Waals surface area contributed by atoms with E-state index in [1.807, 2.05) is 0 Å². The lowest BCUT2D eigenvalue weighted by molar-refractivity contribution is -0.384. The van der Waals surface area contributed by atoms with E-state index in [9.17, 15) is 14.9 Å². The largest absolute Gasteiger partial charge is 0.476 e. The van der Waals surface area contributed by atoms with E-state index in [-0.39, 0.29) is 17.1 Å². The highest BCUT2D eigenvalue weighted by atomic mass is 16.6. The van der Waals surface area contributed by atoms with Crippen LogP contribution in [0.25, 0.3) is 5.69 Å². The van der Waals surface area contributed by atoms with Crippen LogP contribution in [0.2, 0.25) is 0 Å². The van der Waals surface area contributed by atoms with Gasteiger partial charge in [-0.2, -0.15) is 5.10 Å². The fourth-order valence-electron chi connectivity index (χ4n) is 1.62. The SMILES string of the molecule is Cc1cc(C(=O)O)nn1-c1ccccc1[N+](=O)[O-]. The number of nitro benzene ring substituents is 1. The molecule has 0 aliphatic carbocycles. The summed E-state index contributed by atoms with van der Waals surface area (Å²) in [5, 5.41) is 23.6. The average molecular weight is 247 g/mol. The Morgan fingerprint density at radius 1 is 1.44 bits per heavy atom. The van der Waals surface area contributed by atoms with Crippen LogP contribution < -0.4 is 0 Å². The zero-order valence-corrected chi connectivity index (χ0v) is 9.40. The third-order valence-corrected chi connectivity index (χ3v) is 2.41. The second kappa shape index (κ2) is 4.28. The number of carboxylic acid groups (broad SMARTS) is 1. The van der Waals surface area contributed by atoms with Crippen molar-refractivity contribution in [1.29, 1.82) is 0 Å². The molecule has 0 saturated heterocycles. The molecule has 0 atom stereocenters. The summed E-state index contributed by atoms with van der Waals surface area (Å²) in [6.45, 7) is 1.64. The van der Waals surface area contributed by atoms with E-state index >= 15 is 0 Å². The second-order valence-corrected chi connectivity index (χ2v) is 3.63. The summed E-state index contributed by atoms with van der Waals surface area (Å²) in [6, 6.07) is 7.39. The van der Waals surface area contributed by atoms with Gasteiger partial charge >= 0.3 is 5.97 Å². The van der Waals surface area contributed by atoms with Crippen molar-refractivity contribution in [2.24, 2.45) is 0 Å². The second-order valence-electron chi connectivity index (χ2n) is 3.63. The predicted molar refractivity (Wildman–Crippen MR) is 61.9 cm³/mol. The number of rotatable bonds is 3. The zero-order chi connectivity index (χ0) is 13.3. The van der Waals surface area contributed by atoms with Gasteiger partial charge in [-0.1, -0.05) is 12.1 Å². The van der Waals surface area contributed by atoms with Gasteiger partial charge in [-0.25, -0.2) is 9.48 Å². The van der Waals surface area contributed by atoms with E-state index in [0.717, 1.165) is 0 Å². The molecule has 0 bridgehead atoms. The molecule has 1 N–H and O–H groups in total. The lowest BCUT2D eigenvalue weighted by Crippen LogP contribution is -2.05. The quantitative estimate of drug-likeness (QED) is 0.658. The zero-order valence-electron chi connectivity index (χ0n) is 9.40. The number of hydrogen-bond acceptors (Lipinski definition) is 4. The van der Waals surface area contributed by atoms with Crippen molar-refractivity contribution in [2.45, 2.75) is 6.92 Å². The molecule has 7 heteroatoms. The molecule has 92 valence electrons. The van der Waals surface area contributed by atoms with Crippen molar-refractivity contribution in [2.75, 3.05) is 0 Å². The summed E-state index contributed by atoms with van der Waals surface area (Å²) >= 11 is 0. The summed E-state index contributed by atoms with van der Waals surface area (Å²) in [7, 11) is 0. The van der Waals surface area contributed by atoms with E-state index in [0.29, 0.717) is 5.69 Å². The van der Waals surface area contributed by atoms with E-state index in [2.05, 4.69) is 5.10 Å². The summed E-state index contributed by atoms with van der Waals surface area (Å²) < 4.78 is 1.25. The molecule has 2 aromatic rings. The van der Waals surface area contributed by atoms with Crippen LogP contribution in [0.1, 0.15) is 16.2 Å². The van der Waals surface area contributed by atoms with Crippen molar-refractivity contribution in [3.05, 3.63) is 51.8 Å². The van der Waals surface area contributed by atoms with Crippen LogP contribution in [-0.2, 0) is 0 Å². The van der Waals surface area contributed by atoms with Gasteiger partial charge in [-0.15, -0.1) is 0 Å². The normalized spacial score (nSPS) is 10.3. The number of nitrogens with zero attached hydrogens (tertiary/aromatic N) is 3. The van der Waals surface area contributed by atoms with E-state index in [4.69, 9.17) is 5.11 Å². The van der Waals surface area contributed by atoms with Crippen molar-refractivity contribution < 1.29 is 14.8 Å². The van der Waals surface area contributed by atoms with Gasteiger partial charge < -0.3 is 5.11 Å². The Balaban J connectivity index is 2.62. The van der Waals surface area contributed by atoms with Crippen LogP contribution in [0.4, 0.5) is 5.69 Å². The summed E-state index contributed by atoms with van der Waals surface area (Å²) in [6.07, 6.45) is 0. The van der Waals surface area contributed by atoms with Gasteiger partial charge in [0.2, 0.25) is 0 Å². The van der Waals surface area contributed by atoms with Gasteiger partial charge in [-0.05, 0) is 19.1 Å². The summed E-state index contributed by atoms with van der Waals surface area (Å²) in [5.41, 5.74) is 0.487. The highest BCUT2D eigenvalue weighted by molar-refractivity contribution is 5.85. The van der Waals surface area contributed by atoms with Crippen molar-refractivity contribution >= 4 is 11.7 Å². The highest BCUT2D eigenvalue weighted by Crippen LogP contribution is 2.23. The van der Waals surface area contributed by atoms with Crippen LogP contribution in [0.15, 0.2) is 30.3 Å². The number of carboxylic acids is 1. The van der Waals surface area contributed by atoms with Gasteiger partial charge in [0.15, 0.2) is 5.69 Å². The van der Waals surface area contributed by atoms with Crippen molar-refractivity contribution in [3.8, 4) is 5.69 Å². The maximum absolute atomic E-state index is 10.9. The monoisotopic (exact) mass is 247 g/mol. The first-order chi connectivity index (χ1) is 8.50. The van der Waals surface area contributed by atoms with Crippen LogP contribution in [-0.4, -0.2) is 25.8 Å². The minimum atomic E-state index is -1.17. The van der Waals surface area contributed by atoms with Crippen molar-refractivity contribution in [3.63, 3.8) is 0 Å². The molecule has 1 aromatic carbocycles. The molecule has 0 amide bonds. The smallest absolute Gasteiger partial charge is 0.356 e. The Bertz CT molecular complexity index is 633. The lowest BCUT2D eigenvalue weighted by Gasteiger charge is -2.04. The Hall–Kier alpha value is -2.70. The maximum Gasteiger partial charge on any atom is 0.356 e. The topological polar surface area (TPSA) is 98.3 Å². The molecule has 7 nitrogen and oxygen atoms in total. The lowest BCUT2D eigenvalue weighted by atomic mass is 10.2. The molecule has 2 rings (SSSR count). The van der Waals surface area contributed by atoms with Crippen molar-refractivity contribution in [1.82, 2.24) is 9.78 Å². The Morgan fingerprint density at radius 3 is 2.67 bits per heavy atom. The number of benzene rings is 1. The molecule has 0 radical (unpaired) electrons. The number of hydrogen-bond donors (Lipinski definition) is 1. The molecule has 0 saturated carbocycles. The molecule has 0 aliphatic heterocycles. The molecule has 18 heavy (non-hydrogen) atoms. The molecule has 0 unspecified atom stereocenters. The fraction of sp³-hybridized carbons (Fsp3) is 0.0909. The van der Waals surface area contributed by atoms with Gasteiger partial charge in [-0.3, -0.25) is 10.1 Å². The van der Waals surface area contributed by atoms with E-state index in [1.165, 1.54) is 22.9 Å². The number of nitro groups is 1. The molecule has 0 spiro atoms. The van der Waals surface area contributed by atoms with E-state index in [1.54, 1.807) is 19.1 Å². The van der Waals surface area contributed by atoms with Gasteiger partial charge in [0.05, 0.1) is 4.92 Å². The highest BCUT2D eigenvalue weighted by Gasteiger charge is 2.18. The minimum absolute atomic E-state index is 0.124. The average Bonchev–Trinajstić information content (AvgIpc) is 2.71. The van der Waals surface area contributed by atoms with Gasteiger partial charge in [0, 0.05) is 11.8 Å². The summed E-state index contributed by atoms with van der Waals surface area (Å²) in [4.78, 5) is 21.2. The first-order valence-corrected chi connectivity index (χ1v) is 5.04. The standard InChI is InChI=1S/C11H9N3O4/c1-7-6-8(11(15)16)12-13(7)9-4-2-3-5-10(9)14(17)18/h2-6H,1H3,(H,15,16).